The van der Waals surface area contributed by atoms with Crippen molar-refractivity contribution in [3.63, 3.8) is 0 Å². The number of nitrogens with two attached hydrogens (primary N) is 1. The van der Waals surface area contributed by atoms with Crippen LogP contribution in [0.4, 0.5) is 4.79 Å². The van der Waals surface area contributed by atoms with E-state index in [4.69, 9.17) is 10.5 Å². The topological polar surface area (TPSA) is 52.3 Å². The molecule has 2 rings (SSSR count). The first-order valence-electron chi connectivity index (χ1n) is 5.97. The quantitative estimate of drug-likeness (QED) is 0.847. The molecule has 2 aromatic rings. The van der Waals surface area contributed by atoms with E-state index in [0.717, 1.165) is 17.5 Å². The molecule has 0 aliphatic carbocycles. The fourth-order valence-corrected chi connectivity index (χ4v) is 1.89. The van der Waals surface area contributed by atoms with E-state index in [0.29, 0.717) is 5.75 Å². The molecule has 0 spiro atoms. The summed E-state index contributed by atoms with van der Waals surface area (Å²) in [6.07, 6.45) is 1.88. The average molecular weight is 253 g/mol. The zero-order valence-corrected chi connectivity index (χ0v) is 10.5. The van der Waals surface area contributed by atoms with Crippen molar-refractivity contribution in [3.8, 4) is 16.9 Å². The molecule has 0 unspecified atom stereocenters. The Balaban J connectivity index is 2.35. The third-order valence-electron chi connectivity index (χ3n) is 2.74. The Morgan fingerprint density at radius 1 is 1.16 bits per heavy atom. The molecule has 0 radical (unpaired) electrons. The van der Waals surface area contributed by atoms with Gasteiger partial charge in [0.25, 0.3) is 0 Å². The lowest BCUT2D eigenvalue weighted by Crippen LogP contribution is -2.16. The van der Waals surface area contributed by atoms with E-state index in [2.05, 4.69) is 6.58 Å². The minimum atomic E-state index is -0.810. The lowest BCUT2D eigenvalue weighted by molar-refractivity contribution is 0.211. The van der Waals surface area contributed by atoms with Gasteiger partial charge < -0.3 is 10.5 Å². The number of benzene rings is 2. The van der Waals surface area contributed by atoms with Crippen LogP contribution in [0.1, 0.15) is 5.56 Å². The molecule has 0 heterocycles. The summed E-state index contributed by atoms with van der Waals surface area (Å²) in [5, 5.41) is 0. The maximum Gasteiger partial charge on any atom is 0.409 e. The third kappa shape index (κ3) is 3.22. The monoisotopic (exact) mass is 253 g/mol. The van der Waals surface area contributed by atoms with Gasteiger partial charge in [0.05, 0.1) is 0 Å². The molecular weight excluding hydrogens is 238 g/mol. The number of allylic oxidation sites excluding steroid dienone is 1. The molecule has 0 aliphatic heterocycles. The fraction of sp³-hybridized carbons (Fsp3) is 0.0625. The van der Waals surface area contributed by atoms with Crippen LogP contribution < -0.4 is 10.5 Å². The summed E-state index contributed by atoms with van der Waals surface area (Å²) in [5.41, 5.74) is 8.07. The minimum Gasteiger partial charge on any atom is -0.410 e. The molecular formula is C16H15NO2. The van der Waals surface area contributed by atoms with E-state index in [1.54, 1.807) is 12.1 Å². The summed E-state index contributed by atoms with van der Waals surface area (Å²) in [4.78, 5) is 10.9. The number of para-hydroxylation sites is 1. The first kappa shape index (κ1) is 12.9. The Labute approximate surface area is 112 Å². The van der Waals surface area contributed by atoms with E-state index >= 15 is 0 Å². The highest BCUT2D eigenvalue weighted by atomic mass is 16.5. The van der Waals surface area contributed by atoms with Crippen molar-refractivity contribution in [2.24, 2.45) is 5.73 Å². The van der Waals surface area contributed by atoms with E-state index < -0.39 is 6.09 Å². The number of primary amides is 1. The van der Waals surface area contributed by atoms with Gasteiger partial charge in [-0.05, 0) is 23.6 Å². The zero-order valence-electron chi connectivity index (χ0n) is 10.5. The molecule has 0 aliphatic rings. The second kappa shape index (κ2) is 5.87. The van der Waals surface area contributed by atoms with Crippen LogP contribution in [-0.2, 0) is 6.42 Å². The van der Waals surface area contributed by atoms with Crippen LogP contribution in [0.5, 0.6) is 5.75 Å². The molecule has 0 atom stereocenters. The Kier molecular flexibility index (Phi) is 3.98. The molecule has 0 saturated heterocycles. The highest BCUT2D eigenvalue weighted by Gasteiger charge is 2.07. The molecule has 19 heavy (non-hydrogen) atoms. The van der Waals surface area contributed by atoms with E-state index in [-0.39, 0.29) is 0 Å². The Morgan fingerprint density at radius 2 is 1.84 bits per heavy atom. The highest BCUT2D eigenvalue weighted by Crippen LogP contribution is 2.29. The Hall–Kier alpha value is -2.55. The molecule has 0 saturated carbocycles. The molecule has 3 heteroatoms. The van der Waals surface area contributed by atoms with E-state index in [1.165, 1.54) is 5.56 Å². The highest BCUT2D eigenvalue weighted by molar-refractivity contribution is 5.76. The first-order valence-corrected chi connectivity index (χ1v) is 5.97. The van der Waals surface area contributed by atoms with Gasteiger partial charge in [-0.15, -0.1) is 6.58 Å². The first-order chi connectivity index (χ1) is 9.20. The van der Waals surface area contributed by atoms with Gasteiger partial charge in [-0.25, -0.2) is 4.79 Å². The van der Waals surface area contributed by atoms with Crippen molar-refractivity contribution >= 4 is 6.09 Å². The van der Waals surface area contributed by atoms with Crippen LogP contribution in [0.15, 0.2) is 61.2 Å². The van der Waals surface area contributed by atoms with Gasteiger partial charge in [0.15, 0.2) is 0 Å². The molecule has 2 N–H and O–H groups in total. The maximum atomic E-state index is 10.9. The lowest BCUT2D eigenvalue weighted by Gasteiger charge is -2.09. The lowest BCUT2D eigenvalue weighted by atomic mass is 10.0. The van der Waals surface area contributed by atoms with Crippen molar-refractivity contribution in [3.05, 3.63) is 66.7 Å². The molecule has 0 aromatic heterocycles. The normalized spacial score (nSPS) is 9.89. The zero-order chi connectivity index (χ0) is 13.7. The standard InChI is InChI=1S/C16H15NO2/c1-2-5-12-8-10-13(11-9-12)14-6-3-4-7-15(14)19-16(17)18/h2-4,6-11H,1,5H2,(H2,17,18). The van der Waals surface area contributed by atoms with Gasteiger partial charge in [0.2, 0.25) is 0 Å². The van der Waals surface area contributed by atoms with Crippen molar-refractivity contribution in [2.75, 3.05) is 0 Å². The summed E-state index contributed by atoms with van der Waals surface area (Å²) >= 11 is 0. The van der Waals surface area contributed by atoms with Gasteiger partial charge in [-0.3, -0.25) is 0 Å². The average Bonchev–Trinajstić information content (AvgIpc) is 2.40. The van der Waals surface area contributed by atoms with Crippen LogP contribution in [-0.4, -0.2) is 6.09 Å². The largest absolute Gasteiger partial charge is 0.410 e. The molecule has 0 bridgehead atoms. The number of carbonyl (C=O) groups excluding carboxylic acids is 1. The van der Waals surface area contributed by atoms with E-state index in [9.17, 15) is 4.79 Å². The van der Waals surface area contributed by atoms with Crippen molar-refractivity contribution in [2.45, 2.75) is 6.42 Å². The Bertz CT molecular complexity index is 588. The number of ether oxygens (including phenoxy) is 1. The minimum absolute atomic E-state index is 0.464. The van der Waals surface area contributed by atoms with Crippen LogP contribution in [0.3, 0.4) is 0 Å². The summed E-state index contributed by atoms with van der Waals surface area (Å²) < 4.78 is 5.00. The fourth-order valence-electron chi connectivity index (χ4n) is 1.89. The van der Waals surface area contributed by atoms with Gasteiger partial charge in [-0.2, -0.15) is 0 Å². The molecule has 96 valence electrons. The van der Waals surface area contributed by atoms with Crippen molar-refractivity contribution < 1.29 is 9.53 Å². The van der Waals surface area contributed by atoms with Gasteiger partial charge >= 0.3 is 6.09 Å². The van der Waals surface area contributed by atoms with Gasteiger partial charge in [0.1, 0.15) is 5.75 Å². The van der Waals surface area contributed by atoms with Crippen molar-refractivity contribution in [1.82, 2.24) is 0 Å². The molecule has 3 nitrogen and oxygen atoms in total. The second-order valence-electron chi connectivity index (χ2n) is 4.11. The SMILES string of the molecule is C=CCc1ccc(-c2ccccc2OC(N)=O)cc1. The Morgan fingerprint density at radius 3 is 2.47 bits per heavy atom. The van der Waals surface area contributed by atoms with Crippen LogP contribution >= 0.6 is 0 Å². The molecule has 0 fully saturated rings. The van der Waals surface area contributed by atoms with Crippen molar-refractivity contribution in [1.29, 1.82) is 0 Å². The number of hydrogen-bond acceptors (Lipinski definition) is 2. The predicted molar refractivity (Wildman–Crippen MR) is 76.0 cm³/mol. The van der Waals surface area contributed by atoms with Crippen LogP contribution in [0.25, 0.3) is 11.1 Å². The number of carbonyl (C=O) groups is 1. The molecule has 2 aromatic carbocycles. The molecule has 1 amide bonds. The summed E-state index contributed by atoms with van der Waals surface area (Å²) in [7, 11) is 0. The van der Waals surface area contributed by atoms with Gasteiger partial charge in [-0.1, -0.05) is 48.5 Å². The van der Waals surface area contributed by atoms with Gasteiger partial charge in [0, 0.05) is 5.56 Å². The number of rotatable bonds is 4. The summed E-state index contributed by atoms with van der Waals surface area (Å²) in [5.74, 6) is 0.464. The van der Waals surface area contributed by atoms with Crippen LogP contribution in [0, 0.1) is 0 Å². The van der Waals surface area contributed by atoms with E-state index in [1.807, 2.05) is 42.5 Å². The maximum absolute atomic E-state index is 10.9. The predicted octanol–water partition coefficient (Wildman–Crippen LogP) is 3.54. The number of hydrogen-bond donors (Lipinski definition) is 1. The summed E-state index contributed by atoms with van der Waals surface area (Å²) in [6, 6.07) is 15.3. The smallest absolute Gasteiger partial charge is 0.409 e. The third-order valence-corrected chi connectivity index (χ3v) is 2.74. The summed E-state index contributed by atoms with van der Waals surface area (Å²) in [6.45, 7) is 3.71. The van der Waals surface area contributed by atoms with Crippen LogP contribution in [0.2, 0.25) is 0 Å². The second-order valence-corrected chi connectivity index (χ2v) is 4.11. The number of amides is 1.